The number of carbonyl (C=O) groups is 1. The number of rotatable bonds is 2. The number of nitrogens with one attached hydrogen (secondary N) is 3. The van der Waals surface area contributed by atoms with E-state index in [-0.39, 0.29) is 16.7 Å². The summed E-state index contributed by atoms with van der Waals surface area (Å²) in [4.78, 5) is 36.4. The van der Waals surface area contributed by atoms with Crippen molar-refractivity contribution < 1.29 is 13.6 Å². The van der Waals surface area contributed by atoms with Crippen molar-refractivity contribution in [3.63, 3.8) is 0 Å². The zero-order chi connectivity index (χ0) is 22.6. The molecule has 3 N–H and O–H groups in total. The van der Waals surface area contributed by atoms with E-state index in [9.17, 15) is 18.4 Å². The van der Waals surface area contributed by atoms with E-state index >= 15 is 0 Å². The summed E-state index contributed by atoms with van der Waals surface area (Å²) < 4.78 is 27.9. The summed E-state index contributed by atoms with van der Waals surface area (Å²) in [6.45, 7) is 7.86. The predicted octanol–water partition coefficient (Wildman–Crippen LogP) is 3.75. The Hall–Kier alpha value is -4.03. The highest BCUT2D eigenvalue weighted by atomic mass is 19.2. The van der Waals surface area contributed by atoms with Gasteiger partial charge in [-0.1, -0.05) is 6.07 Å². The van der Waals surface area contributed by atoms with Gasteiger partial charge in [0.05, 0.1) is 18.0 Å². The first-order valence-corrected chi connectivity index (χ1v) is 9.89. The smallest absolute Gasteiger partial charge is 0.270 e. The quantitative estimate of drug-likeness (QED) is 0.421. The van der Waals surface area contributed by atoms with E-state index in [1.807, 2.05) is 0 Å². The van der Waals surface area contributed by atoms with Crippen molar-refractivity contribution in [1.29, 1.82) is 0 Å². The van der Waals surface area contributed by atoms with Crippen molar-refractivity contribution in [2.24, 2.45) is 0 Å². The van der Waals surface area contributed by atoms with Crippen LogP contribution in [0.15, 0.2) is 41.2 Å². The molecule has 9 heteroatoms. The van der Waals surface area contributed by atoms with Crippen LogP contribution in [0.3, 0.4) is 0 Å². The number of aromatic nitrogens is 2. The average molecular weight is 433 g/mol. The summed E-state index contributed by atoms with van der Waals surface area (Å²) in [7, 11) is 1.62. The molecule has 0 saturated carbocycles. The third-order valence-corrected chi connectivity index (χ3v) is 5.91. The molecular weight excluding hydrogens is 416 g/mol. The van der Waals surface area contributed by atoms with Gasteiger partial charge in [0.1, 0.15) is 5.69 Å². The molecule has 1 amide bonds. The molecule has 1 aliphatic heterocycles. The lowest BCUT2D eigenvalue weighted by atomic mass is 9.93. The van der Waals surface area contributed by atoms with Gasteiger partial charge < -0.3 is 20.2 Å². The Kier molecular flexibility index (Phi) is 4.53. The second kappa shape index (κ2) is 7.28. The first-order valence-electron chi connectivity index (χ1n) is 9.89. The average Bonchev–Trinajstić information content (AvgIpc) is 3.22. The molecule has 1 aliphatic rings. The van der Waals surface area contributed by atoms with Gasteiger partial charge in [0.15, 0.2) is 17.3 Å². The summed E-state index contributed by atoms with van der Waals surface area (Å²) in [5.41, 5.74) is 2.13. The Bertz CT molecular complexity index is 1520. The molecule has 4 aromatic rings. The zero-order valence-corrected chi connectivity index (χ0v) is 16.9. The Morgan fingerprint density at radius 2 is 1.88 bits per heavy atom. The van der Waals surface area contributed by atoms with Crippen molar-refractivity contribution in [3.05, 3.63) is 86.8 Å². The molecular formula is C23H17F2N5O2. The van der Waals surface area contributed by atoms with E-state index in [1.54, 1.807) is 31.3 Å². The first kappa shape index (κ1) is 19.9. The van der Waals surface area contributed by atoms with Crippen LogP contribution in [0.25, 0.3) is 26.5 Å². The Balaban J connectivity index is 1.60. The van der Waals surface area contributed by atoms with E-state index in [0.29, 0.717) is 35.7 Å². The number of halogens is 2. The molecule has 1 unspecified atom stereocenters. The highest BCUT2D eigenvalue weighted by Gasteiger charge is 2.31. The largest absolute Gasteiger partial charge is 0.351 e. The monoisotopic (exact) mass is 433 g/mol. The number of nitrogens with zero attached hydrogens (tertiary/aromatic N) is 2. The minimum Gasteiger partial charge on any atom is -0.351 e. The van der Waals surface area contributed by atoms with Crippen LogP contribution in [0.4, 0.5) is 14.5 Å². The number of aromatic amines is 2. The number of fused-ring (bicyclic) bond motifs is 4. The molecule has 32 heavy (non-hydrogen) atoms. The fraction of sp³-hybridized carbons (Fsp3) is 0.174. The molecule has 5 rings (SSSR count). The fourth-order valence-corrected chi connectivity index (χ4v) is 4.31. The molecule has 0 saturated heterocycles. The minimum atomic E-state index is -1.10. The van der Waals surface area contributed by atoms with Crippen LogP contribution in [0.5, 0.6) is 0 Å². The Morgan fingerprint density at radius 3 is 2.62 bits per heavy atom. The van der Waals surface area contributed by atoms with E-state index in [1.165, 1.54) is 4.90 Å². The van der Waals surface area contributed by atoms with E-state index in [4.69, 9.17) is 6.57 Å². The van der Waals surface area contributed by atoms with Crippen LogP contribution < -0.4 is 10.9 Å². The van der Waals surface area contributed by atoms with Crippen LogP contribution in [-0.2, 0) is 6.54 Å². The predicted molar refractivity (Wildman–Crippen MR) is 116 cm³/mol. The van der Waals surface area contributed by atoms with Crippen molar-refractivity contribution in [2.45, 2.75) is 12.6 Å². The molecule has 1 atom stereocenters. The number of H-pyrrole nitrogens is 2. The van der Waals surface area contributed by atoms with Gasteiger partial charge in [-0.25, -0.2) is 13.6 Å². The molecule has 3 heterocycles. The maximum Gasteiger partial charge on any atom is 0.270 e. The van der Waals surface area contributed by atoms with Crippen LogP contribution in [-0.4, -0.2) is 34.4 Å². The molecule has 0 bridgehead atoms. The van der Waals surface area contributed by atoms with Gasteiger partial charge in [0.2, 0.25) is 0 Å². The normalized spacial score (nSPS) is 15.5. The second-order valence-electron chi connectivity index (χ2n) is 7.79. The molecule has 0 fully saturated rings. The van der Waals surface area contributed by atoms with Crippen LogP contribution in [0.2, 0.25) is 0 Å². The Labute approximate surface area is 180 Å². The number of likely N-dealkylation sites (N-methyl/N-ethyl adjacent to an activating group) is 1. The lowest BCUT2D eigenvalue weighted by Crippen LogP contribution is -2.42. The maximum atomic E-state index is 14.1. The Morgan fingerprint density at radius 1 is 1.12 bits per heavy atom. The fourth-order valence-electron chi connectivity index (χ4n) is 4.31. The van der Waals surface area contributed by atoms with E-state index < -0.39 is 23.2 Å². The third-order valence-electron chi connectivity index (χ3n) is 5.91. The standard InChI is InChI=1S/C23H17F2N5O2/c1-26-12-3-4-17-11(5-12)6-18(28-17)23(32)30(2)20-10-27-9-19-21(20)13-7-15(24)16(25)8-14(13)22(31)29-19/h3-8,20,27-28H,9-10H2,2H3,(H,29,31). The van der Waals surface area contributed by atoms with Crippen LogP contribution >= 0.6 is 0 Å². The summed E-state index contributed by atoms with van der Waals surface area (Å²) in [5, 5.41) is 4.22. The van der Waals surface area contributed by atoms with Gasteiger partial charge in [-0.05, 0) is 41.1 Å². The highest BCUT2D eigenvalue weighted by molar-refractivity contribution is 5.99. The van der Waals surface area contributed by atoms with Crippen LogP contribution in [0, 0.1) is 18.2 Å². The zero-order valence-electron chi connectivity index (χ0n) is 16.9. The molecule has 160 valence electrons. The molecule has 7 nitrogen and oxygen atoms in total. The molecule has 0 radical (unpaired) electrons. The number of carbonyl (C=O) groups excluding carboxylic acids is 1. The summed E-state index contributed by atoms with van der Waals surface area (Å²) in [6, 6.07) is 8.17. The summed E-state index contributed by atoms with van der Waals surface area (Å²) in [6.07, 6.45) is 0. The third kappa shape index (κ3) is 3.04. The first-order chi connectivity index (χ1) is 15.4. The van der Waals surface area contributed by atoms with Crippen molar-refractivity contribution in [2.75, 3.05) is 13.6 Å². The maximum absolute atomic E-state index is 14.1. The van der Waals surface area contributed by atoms with Gasteiger partial charge in [0.25, 0.3) is 11.5 Å². The summed E-state index contributed by atoms with van der Waals surface area (Å²) in [5.74, 6) is -2.47. The van der Waals surface area contributed by atoms with Crippen molar-refractivity contribution in [1.82, 2.24) is 20.2 Å². The van der Waals surface area contributed by atoms with Gasteiger partial charge in [-0.15, -0.1) is 0 Å². The van der Waals surface area contributed by atoms with Crippen molar-refractivity contribution >= 4 is 33.3 Å². The lowest BCUT2D eigenvalue weighted by Gasteiger charge is -2.34. The SMILES string of the molecule is [C-]#[N+]c1ccc2[nH]c(C(=O)N(C)C3CNCc4[nH]c(=O)c5cc(F)c(F)cc5c43)cc2c1. The van der Waals surface area contributed by atoms with Gasteiger partial charge >= 0.3 is 0 Å². The van der Waals surface area contributed by atoms with Gasteiger partial charge in [-0.3, -0.25) is 9.59 Å². The number of benzene rings is 2. The topological polar surface area (TPSA) is 85.3 Å². The minimum absolute atomic E-state index is 0.0349. The van der Waals surface area contributed by atoms with Gasteiger partial charge in [0, 0.05) is 36.9 Å². The number of hydrogen-bond acceptors (Lipinski definition) is 3. The lowest BCUT2D eigenvalue weighted by molar-refractivity contribution is 0.0718. The van der Waals surface area contributed by atoms with Crippen LogP contribution in [0.1, 0.15) is 27.8 Å². The molecule has 0 aliphatic carbocycles. The second-order valence-corrected chi connectivity index (χ2v) is 7.79. The van der Waals surface area contributed by atoms with E-state index in [0.717, 1.165) is 23.0 Å². The van der Waals surface area contributed by atoms with E-state index in [2.05, 4.69) is 20.1 Å². The number of amides is 1. The van der Waals surface area contributed by atoms with Crippen molar-refractivity contribution in [3.8, 4) is 0 Å². The molecule has 2 aromatic carbocycles. The van der Waals surface area contributed by atoms with Gasteiger partial charge in [-0.2, -0.15) is 0 Å². The molecule has 2 aromatic heterocycles. The summed E-state index contributed by atoms with van der Waals surface area (Å²) >= 11 is 0. The number of pyridine rings is 1. The number of hydrogen-bond donors (Lipinski definition) is 3. The highest BCUT2D eigenvalue weighted by Crippen LogP contribution is 2.33. The molecule has 0 spiro atoms.